The van der Waals surface area contributed by atoms with Crippen molar-refractivity contribution in [1.82, 2.24) is 10.6 Å². The maximum Gasteiger partial charge on any atom is 0.104 e. The number of hydrogen-bond acceptors (Lipinski definition) is 3. The van der Waals surface area contributed by atoms with Gasteiger partial charge in [-0.15, -0.1) is 0 Å². The summed E-state index contributed by atoms with van der Waals surface area (Å²) in [5.74, 6) is 1.07. The highest BCUT2D eigenvalue weighted by Gasteiger charge is 1.87. The molecule has 0 aliphatic heterocycles. The number of nitrogens with two attached hydrogens (primary N) is 1. The van der Waals surface area contributed by atoms with Gasteiger partial charge in [-0.3, -0.25) is 0 Å². The van der Waals surface area contributed by atoms with Crippen LogP contribution in [-0.2, 0) is 12.6 Å². The minimum Gasteiger partial charge on any atom is -0.329 e. The molecule has 0 aliphatic rings. The van der Waals surface area contributed by atoms with Crippen molar-refractivity contribution in [3.05, 3.63) is 0 Å². The summed E-state index contributed by atoms with van der Waals surface area (Å²) in [6.45, 7) is 4.78. The first-order valence-electron chi connectivity index (χ1n) is 4.18. The Labute approximate surface area is 74.5 Å². The second kappa shape index (κ2) is 10.2. The van der Waals surface area contributed by atoms with E-state index in [1.807, 2.05) is 0 Å². The van der Waals surface area contributed by atoms with Crippen molar-refractivity contribution in [3.8, 4) is 0 Å². The monoisotopic (exact) mass is 178 g/mol. The van der Waals surface area contributed by atoms with E-state index in [0.717, 1.165) is 38.5 Å². The van der Waals surface area contributed by atoms with Gasteiger partial charge in [0.15, 0.2) is 0 Å². The van der Waals surface area contributed by atoms with Crippen molar-refractivity contribution < 1.29 is 0 Å². The lowest BCUT2D eigenvalue weighted by molar-refractivity contribution is 0.612. The highest BCUT2D eigenvalue weighted by Crippen LogP contribution is 1.71. The van der Waals surface area contributed by atoms with Crippen LogP contribution < -0.4 is 16.4 Å². The largest absolute Gasteiger partial charge is 0.329 e. The third-order valence-corrected chi connectivity index (χ3v) is 1.68. The zero-order valence-electron chi connectivity index (χ0n) is 7.03. The predicted octanol–water partition coefficient (Wildman–Crippen LogP) is -1.47. The van der Waals surface area contributed by atoms with Crippen LogP contribution in [0, 0.1) is 0 Å². The van der Waals surface area contributed by atoms with E-state index in [9.17, 15) is 0 Å². The quantitative estimate of drug-likeness (QED) is 0.314. The standard InChI is InChI=1S/C7H19N3S/c8-2-4-10-6-5-9-3-1-7-11/h9-11H,1-8H2/p+1. The van der Waals surface area contributed by atoms with E-state index < -0.39 is 0 Å². The molecule has 0 aromatic rings. The summed E-state index contributed by atoms with van der Waals surface area (Å²) < 4.78 is 0. The molecule has 4 heteroatoms. The molecule has 0 atom stereocenters. The van der Waals surface area contributed by atoms with Crippen LogP contribution in [0.1, 0.15) is 6.42 Å². The van der Waals surface area contributed by atoms with Crippen molar-refractivity contribution in [1.29, 1.82) is 0 Å². The Morgan fingerprint density at radius 3 is 2.18 bits per heavy atom. The van der Waals surface area contributed by atoms with E-state index in [1.54, 1.807) is 0 Å². The van der Waals surface area contributed by atoms with Crippen molar-refractivity contribution >= 4 is 12.6 Å². The first-order valence-corrected chi connectivity index (χ1v) is 4.88. The summed E-state index contributed by atoms with van der Waals surface area (Å²) in [6, 6.07) is 0. The summed E-state index contributed by atoms with van der Waals surface area (Å²) in [5, 5.41) is 6.52. The summed E-state index contributed by atoms with van der Waals surface area (Å²) in [6.07, 6.45) is 1.19. The van der Waals surface area contributed by atoms with Crippen molar-refractivity contribution in [2.24, 2.45) is 5.73 Å². The minimum absolute atomic E-state index is 0.723. The van der Waals surface area contributed by atoms with Crippen LogP contribution >= 0.6 is 0 Å². The van der Waals surface area contributed by atoms with Crippen LogP contribution in [0.5, 0.6) is 0 Å². The molecule has 0 spiro atoms. The smallest absolute Gasteiger partial charge is 0.104 e. The Kier molecular flexibility index (Phi) is 10.4. The highest BCUT2D eigenvalue weighted by atomic mass is 32.1. The van der Waals surface area contributed by atoms with Gasteiger partial charge in [0, 0.05) is 32.6 Å². The molecule has 0 aromatic carbocycles. The molecule has 0 bridgehead atoms. The summed E-state index contributed by atoms with van der Waals surface area (Å²) in [4.78, 5) is 0. The van der Waals surface area contributed by atoms with Crippen LogP contribution in [0.15, 0.2) is 0 Å². The highest BCUT2D eigenvalue weighted by molar-refractivity contribution is 7.58. The average Bonchev–Trinajstić information content (AvgIpc) is 2.03. The fourth-order valence-electron chi connectivity index (χ4n) is 0.742. The summed E-state index contributed by atoms with van der Waals surface area (Å²) in [5.41, 5.74) is 5.30. The van der Waals surface area contributed by atoms with Gasteiger partial charge in [0.2, 0.25) is 0 Å². The molecule has 0 unspecified atom stereocenters. The maximum absolute atomic E-state index is 5.30. The van der Waals surface area contributed by atoms with Crippen molar-refractivity contribution in [2.75, 3.05) is 38.5 Å². The van der Waals surface area contributed by atoms with E-state index in [1.165, 1.54) is 6.42 Å². The van der Waals surface area contributed by atoms with Gasteiger partial charge in [0.1, 0.15) is 5.75 Å². The molecule has 0 saturated heterocycles. The SMILES string of the molecule is NCCNCCNCCC[SH2+]. The number of nitrogens with one attached hydrogen (secondary N) is 2. The van der Waals surface area contributed by atoms with Gasteiger partial charge < -0.3 is 16.4 Å². The molecular weight excluding hydrogens is 158 g/mol. The zero-order chi connectivity index (χ0) is 8.36. The number of rotatable bonds is 8. The fraction of sp³-hybridized carbons (Fsp3) is 1.00. The van der Waals surface area contributed by atoms with Crippen LogP contribution in [0.25, 0.3) is 0 Å². The van der Waals surface area contributed by atoms with E-state index in [4.69, 9.17) is 5.73 Å². The predicted molar refractivity (Wildman–Crippen MR) is 54.4 cm³/mol. The molecule has 0 heterocycles. The van der Waals surface area contributed by atoms with Crippen molar-refractivity contribution in [2.45, 2.75) is 6.42 Å². The Bertz CT molecular complexity index is 62.7. The lowest BCUT2D eigenvalue weighted by atomic mass is 10.4. The molecule has 0 aliphatic carbocycles. The molecule has 0 aromatic heterocycles. The molecule has 0 fully saturated rings. The van der Waals surface area contributed by atoms with Gasteiger partial charge >= 0.3 is 0 Å². The molecule has 0 rings (SSSR count). The van der Waals surface area contributed by atoms with Crippen LogP contribution in [-0.4, -0.2) is 38.5 Å². The molecule has 0 amide bonds. The van der Waals surface area contributed by atoms with Gasteiger partial charge in [0.05, 0.1) is 0 Å². The van der Waals surface area contributed by atoms with Gasteiger partial charge in [-0.1, -0.05) is 0 Å². The Morgan fingerprint density at radius 1 is 1.00 bits per heavy atom. The van der Waals surface area contributed by atoms with Gasteiger partial charge in [0.25, 0.3) is 0 Å². The average molecular weight is 178 g/mol. The second-order valence-corrected chi connectivity index (χ2v) is 2.89. The van der Waals surface area contributed by atoms with Crippen LogP contribution in [0.2, 0.25) is 0 Å². The van der Waals surface area contributed by atoms with Crippen LogP contribution in [0.4, 0.5) is 0 Å². The minimum atomic E-state index is 0.723. The Balaban J connectivity index is 2.69. The first kappa shape index (κ1) is 11.2. The van der Waals surface area contributed by atoms with Crippen molar-refractivity contribution in [3.63, 3.8) is 0 Å². The van der Waals surface area contributed by atoms with E-state index in [2.05, 4.69) is 23.3 Å². The molecule has 11 heavy (non-hydrogen) atoms. The van der Waals surface area contributed by atoms with E-state index in [-0.39, 0.29) is 0 Å². The van der Waals surface area contributed by atoms with Gasteiger partial charge in [-0.25, -0.2) is 0 Å². The summed E-state index contributed by atoms with van der Waals surface area (Å²) in [7, 11) is 0. The Morgan fingerprint density at radius 2 is 1.64 bits per heavy atom. The topological polar surface area (TPSA) is 50.1 Å². The fourth-order valence-corrected chi connectivity index (χ4v) is 0.919. The molecule has 3 nitrogen and oxygen atoms in total. The summed E-state index contributed by atoms with van der Waals surface area (Å²) >= 11 is 3.41. The van der Waals surface area contributed by atoms with Crippen LogP contribution in [0.3, 0.4) is 0 Å². The van der Waals surface area contributed by atoms with Gasteiger partial charge in [-0.2, -0.15) is 0 Å². The second-order valence-electron chi connectivity index (χ2n) is 2.39. The normalized spacial score (nSPS) is 10.4. The lowest BCUT2D eigenvalue weighted by Crippen LogP contribution is -2.31. The first-order chi connectivity index (χ1) is 5.41. The third-order valence-electron chi connectivity index (χ3n) is 1.33. The number of hydrogen-bond donors (Lipinski definition) is 3. The van der Waals surface area contributed by atoms with E-state index >= 15 is 0 Å². The molecular formula is C7H20N3S+. The zero-order valence-corrected chi connectivity index (χ0v) is 8.03. The molecule has 4 N–H and O–H groups in total. The maximum atomic E-state index is 5.30. The molecule has 0 saturated carbocycles. The third kappa shape index (κ3) is 10.2. The lowest BCUT2D eigenvalue weighted by Gasteiger charge is -2.03. The van der Waals surface area contributed by atoms with Gasteiger partial charge in [-0.05, 0) is 19.2 Å². The molecule has 68 valence electrons. The molecule has 0 radical (unpaired) electrons. The van der Waals surface area contributed by atoms with E-state index in [0.29, 0.717) is 0 Å². The Hall–Kier alpha value is 0.230.